The fourth-order valence-electron chi connectivity index (χ4n) is 2.43. The molecule has 0 spiro atoms. The van der Waals surface area contributed by atoms with Crippen molar-refractivity contribution in [3.8, 4) is 0 Å². The summed E-state index contributed by atoms with van der Waals surface area (Å²) in [5.41, 5.74) is 2.86. The van der Waals surface area contributed by atoms with Crippen LogP contribution in [0.1, 0.15) is 24.5 Å². The molecule has 0 bridgehead atoms. The van der Waals surface area contributed by atoms with Crippen molar-refractivity contribution in [3.05, 3.63) is 59.7 Å². The van der Waals surface area contributed by atoms with E-state index in [1.165, 1.54) is 13.0 Å². The van der Waals surface area contributed by atoms with E-state index in [1.807, 2.05) is 31.2 Å². The summed E-state index contributed by atoms with van der Waals surface area (Å²) in [7, 11) is -3.69. The number of amides is 2. The zero-order valence-electron chi connectivity index (χ0n) is 15.3. The van der Waals surface area contributed by atoms with Gasteiger partial charge in [-0.25, -0.2) is 8.42 Å². The van der Waals surface area contributed by atoms with Crippen molar-refractivity contribution < 1.29 is 18.0 Å². The maximum atomic E-state index is 12.2. The molecule has 0 unspecified atom stereocenters. The van der Waals surface area contributed by atoms with Crippen LogP contribution in [0, 0.1) is 6.92 Å². The van der Waals surface area contributed by atoms with Crippen molar-refractivity contribution >= 4 is 33.2 Å². The molecular formula is C19H23N3O4S. The number of carbonyl (C=O) groups excluding carboxylic acids is 2. The molecule has 0 saturated heterocycles. The first kappa shape index (κ1) is 20.4. The molecule has 0 heterocycles. The summed E-state index contributed by atoms with van der Waals surface area (Å²) >= 11 is 0. The molecule has 0 radical (unpaired) electrons. The Hall–Kier alpha value is -2.87. The second-order valence-electron chi connectivity index (χ2n) is 6.20. The fourth-order valence-corrected chi connectivity index (χ4v) is 3.47. The summed E-state index contributed by atoms with van der Waals surface area (Å²) in [5.74, 6) is -0.925. The van der Waals surface area contributed by atoms with E-state index >= 15 is 0 Å². The molecule has 144 valence electrons. The molecule has 2 amide bonds. The molecular weight excluding hydrogens is 366 g/mol. The lowest BCUT2D eigenvalue weighted by Gasteiger charge is -2.10. The molecule has 2 aromatic rings. The summed E-state index contributed by atoms with van der Waals surface area (Å²) in [5, 5.41) is 5.29. The minimum atomic E-state index is -3.69. The number of rotatable bonds is 8. The highest BCUT2D eigenvalue weighted by atomic mass is 32.2. The van der Waals surface area contributed by atoms with Crippen molar-refractivity contribution in [1.82, 2.24) is 5.32 Å². The van der Waals surface area contributed by atoms with E-state index in [1.54, 1.807) is 18.2 Å². The average molecular weight is 389 g/mol. The summed E-state index contributed by atoms with van der Waals surface area (Å²) in [4.78, 5) is 23.0. The van der Waals surface area contributed by atoms with Crippen molar-refractivity contribution in [2.24, 2.45) is 0 Å². The van der Waals surface area contributed by atoms with Crippen molar-refractivity contribution in [3.63, 3.8) is 0 Å². The minimum Gasteiger partial charge on any atom is -0.352 e. The molecule has 2 rings (SSSR count). The number of hydrogen-bond donors (Lipinski definition) is 3. The van der Waals surface area contributed by atoms with E-state index < -0.39 is 10.0 Å². The first-order chi connectivity index (χ1) is 12.7. The number of hydrogen-bond acceptors (Lipinski definition) is 4. The number of carbonyl (C=O) groups is 2. The van der Waals surface area contributed by atoms with Crippen LogP contribution in [0.25, 0.3) is 0 Å². The van der Waals surface area contributed by atoms with Gasteiger partial charge in [-0.1, -0.05) is 35.9 Å². The van der Waals surface area contributed by atoms with Crippen LogP contribution in [0.3, 0.4) is 0 Å². The smallest absolute Gasteiger partial charge is 0.233 e. The van der Waals surface area contributed by atoms with Crippen LogP contribution in [0.15, 0.2) is 48.5 Å². The van der Waals surface area contributed by atoms with Gasteiger partial charge in [-0.15, -0.1) is 0 Å². The van der Waals surface area contributed by atoms with Gasteiger partial charge in [0.1, 0.15) is 0 Å². The van der Waals surface area contributed by atoms with E-state index in [0.29, 0.717) is 17.9 Å². The second kappa shape index (κ2) is 9.18. The zero-order chi connectivity index (χ0) is 19.9. The van der Waals surface area contributed by atoms with E-state index in [2.05, 4.69) is 15.4 Å². The number of sulfonamides is 1. The minimum absolute atomic E-state index is 0.146. The van der Waals surface area contributed by atoms with Gasteiger partial charge in [0, 0.05) is 25.6 Å². The van der Waals surface area contributed by atoms with Gasteiger partial charge in [0.05, 0.1) is 11.4 Å². The third-order valence-corrected chi connectivity index (χ3v) is 4.91. The largest absolute Gasteiger partial charge is 0.352 e. The molecule has 0 aliphatic heterocycles. The van der Waals surface area contributed by atoms with Gasteiger partial charge in [0.15, 0.2) is 0 Å². The summed E-state index contributed by atoms with van der Waals surface area (Å²) in [6, 6.07) is 14.1. The van der Waals surface area contributed by atoms with Gasteiger partial charge in [-0.05, 0) is 30.7 Å². The lowest BCUT2D eigenvalue weighted by molar-refractivity contribution is -0.120. The Morgan fingerprint density at radius 1 is 1.00 bits per heavy atom. The average Bonchev–Trinajstić information content (AvgIpc) is 2.58. The Morgan fingerprint density at radius 3 is 2.41 bits per heavy atom. The molecule has 0 aliphatic carbocycles. The highest BCUT2D eigenvalue weighted by Crippen LogP contribution is 2.16. The van der Waals surface area contributed by atoms with E-state index in [0.717, 1.165) is 11.1 Å². The van der Waals surface area contributed by atoms with Crippen LogP contribution < -0.4 is 15.4 Å². The van der Waals surface area contributed by atoms with Crippen molar-refractivity contribution in [2.75, 3.05) is 15.8 Å². The van der Waals surface area contributed by atoms with Crippen LogP contribution in [0.2, 0.25) is 0 Å². The first-order valence-electron chi connectivity index (χ1n) is 8.44. The summed E-state index contributed by atoms with van der Waals surface area (Å²) in [6.07, 6.45) is -0.146. The molecule has 0 atom stereocenters. The molecule has 7 nitrogen and oxygen atoms in total. The Morgan fingerprint density at radius 2 is 1.70 bits per heavy atom. The van der Waals surface area contributed by atoms with Crippen LogP contribution in [-0.4, -0.2) is 26.0 Å². The Kier molecular flexibility index (Phi) is 6.95. The van der Waals surface area contributed by atoms with Gasteiger partial charge in [-0.2, -0.15) is 0 Å². The van der Waals surface area contributed by atoms with Crippen molar-refractivity contribution in [1.29, 1.82) is 0 Å². The Labute approximate surface area is 159 Å². The fraction of sp³-hybridized carbons (Fsp3) is 0.263. The van der Waals surface area contributed by atoms with Gasteiger partial charge in [-0.3, -0.25) is 14.3 Å². The first-order valence-corrected chi connectivity index (χ1v) is 10.1. The predicted octanol–water partition coefficient (Wildman–Crippen LogP) is 2.40. The van der Waals surface area contributed by atoms with Gasteiger partial charge in [0.2, 0.25) is 21.8 Å². The van der Waals surface area contributed by atoms with Gasteiger partial charge >= 0.3 is 0 Å². The van der Waals surface area contributed by atoms with E-state index in [-0.39, 0.29) is 24.0 Å². The maximum absolute atomic E-state index is 12.2. The third kappa shape index (κ3) is 7.49. The molecule has 0 fully saturated rings. The number of nitrogens with one attached hydrogen (secondary N) is 3. The van der Waals surface area contributed by atoms with Crippen molar-refractivity contribution in [2.45, 2.75) is 26.8 Å². The normalized spacial score (nSPS) is 10.9. The van der Waals surface area contributed by atoms with Crippen LogP contribution in [0.4, 0.5) is 11.4 Å². The standard InChI is InChI=1S/C19H23N3O4S/c1-14-5-3-6-16(11-14)13-20-19(24)9-10-27(25,26)22-18-8-4-7-17(12-18)21-15(2)23/h3-8,11-12,22H,9-10,13H2,1-2H3,(H,20,24)(H,21,23). The highest BCUT2D eigenvalue weighted by molar-refractivity contribution is 7.92. The number of anilines is 2. The van der Waals surface area contributed by atoms with E-state index in [9.17, 15) is 18.0 Å². The molecule has 0 aromatic heterocycles. The molecule has 0 saturated carbocycles. The molecule has 2 aromatic carbocycles. The maximum Gasteiger partial charge on any atom is 0.233 e. The molecule has 8 heteroatoms. The Bertz CT molecular complexity index is 926. The number of aryl methyl sites for hydroxylation is 1. The highest BCUT2D eigenvalue weighted by Gasteiger charge is 2.14. The second-order valence-corrected chi connectivity index (χ2v) is 8.04. The van der Waals surface area contributed by atoms with Crippen LogP contribution >= 0.6 is 0 Å². The van der Waals surface area contributed by atoms with E-state index in [4.69, 9.17) is 0 Å². The summed E-state index contributed by atoms with van der Waals surface area (Å²) in [6.45, 7) is 3.68. The number of benzene rings is 2. The lowest BCUT2D eigenvalue weighted by atomic mass is 10.1. The predicted molar refractivity (Wildman–Crippen MR) is 106 cm³/mol. The SMILES string of the molecule is CC(=O)Nc1cccc(NS(=O)(=O)CCC(=O)NCc2cccc(C)c2)c1. The monoisotopic (exact) mass is 389 g/mol. The quantitative estimate of drug-likeness (QED) is 0.645. The van der Waals surface area contributed by atoms with Crippen LogP contribution in [0.5, 0.6) is 0 Å². The molecule has 0 aliphatic rings. The van der Waals surface area contributed by atoms with Gasteiger partial charge in [0.25, 0.3) is 0 Å². The van der Waals surface area contributed by atoms with Gasteiger partial charge < -0.3 is 10.6 Å². The van der Waals surface area contributed by atoms with Crippen LogP contribution in [-0.2, 0) is 26.2 Å². The molecule has 27 heavy (non-hydrogen) atoms. The summed E-state index contributed by atoms with van der Waals surface area (Å²) < 4.78 is 26.8. The lowest BCUT2D eigenvalue weighted by Crippen LogP contribution is -2.27. The zero-order valence-corrected chi connectivity index (χ0v) is 16.1. The molecule has 3 N–H and O–H groups in total. The topological polar surface area (TPSA) is 104 Å². The third-order valence-electron chi connectivity index (χ3n) is 3.63. The Balaban J connectivity index is 1.85.